The monoisotopic (exact) mass is 156 g/mol. The van der Waals surface area contributed by atoms with E-state index in [1.54, 1.807) is 0 Å². The molecule has 0 atom stereocenters. The normalized spacial score (nSPS) is 10.5. The fourth-order valence-corrected chi connectivity index (χ4v) is 1.30. The van der Waals surface area contributed by atoms with Gasteiger partial charge in [0.2, 0.25) is 0 Å². The van der Waals surface area contributed by atoms with Crippen LogP contribution >= 0.6 is 0 Å². The second-order valence-corrected chi connectivity index (χ2v) is 3.00. The van der Waals surface area contributed by atoms with Crippen LogP contribution in [0.2, 0.25) is 0 Å². The summed E-state index contributed by atoms with van der Waals surface area (Å²) in [4.78, 5) is 4.31. The van der Waals surface area contributed by atoms with E-state index in [0.717, 1.165) is 10.9 Å². The molecule has 0 aliphatic rings. The van der Waals surface area contributed by atoms with E-state index in [9.17, 15) is 0 Å². The molecule has 1 nitrogen and oxygen atoms in total. The smallest absolute Gasteiger partial charge is 0.0711 e. The Hall–Kier alpha value is -1.37. The Morgan fingerprint density at radius 3 is 3.00 bits per heavy atom. The summed E-state index contributed by atoms with van der Waals surface area (Å²) in [6.07, 6.45) is 1.91. The van der Waals surface area contributed by atoms with E-state index in [1.807, 2.05) is 24.4 Å². The lowest BCUT2D eigenvalue weighted by molar-refractivity contribution is 1.28. The Balaban J connectivity index is 2.91. The summed E-state index contributed by atoms with van der Waals surface area (Å²) in [5.74, 6) is 0. The number of fused-ring (bicyclic) bond motifs is 1. The third-order valence-corrected chi connectivity index (χ3v) is 2.20. The van der Waals surface area contributed by atoms with Gasteiger partial charge >= 0.3 is 0 Å². The van der Waals surface area contributed by atoms with E-state index in [0.29, 0.717) is 0 Å². The number of hydrogen-bond donors (Lipinski definition) is 0. The van der Waals surface area contributed by atoms with Gasteiger partial charge in [0.05, 0.1) is 5.52 Å². The third kappa shape index (κ3) is 0.981. The highest BCUT2D eigenvalue weighted by atomic mass is 14.6. The van der Waals surface area contributed by atoms with Crippen molar-refractivity contribution in [1.29, 1.82) is 0 Å². The average molecular weight is 156 g/mol. The molecule has 0 saturated heterocycles. The largest absolute Gasteiger partial charge is 0.256 e. The van der Waals surface area contributed by atoms with E-state index in [2.05, 4.69) is 24.9 Å². The first-order valence-corrected chi connectivity index (χ1v) is 4.01. The summed E-state index contributed by atoms with van der Waals surface area (Å²) in [5, 5.41) is 1.14. The van der Waals surface area contributed by atoms with Crippen molar-refractivity contribution in [3.05, 3.63) is 41.6 Å². The molecule has 2 aromatic rings. The SMILES string of the molecule is Cc1cnc2ccc[c]c2c1C. The summed E-state index contributed by atoms with van der Waals surface area (Å²) < 4.78 is 0. The lowest BCUT2D eigenvalue weighted by Gasteiger charge is -2.02. The Kier molecular flexibility index (Phi) is 1.58. The second-order valence-electron chi connectivity index (χ2n) is 3.00. The van der Waals surface area contributed by atoms with Crippen LogP contribution in [0.5, 0.6) is 0 Å². The molecule has 1 aromatic heterocycles. The molecule has 0 amide bonds. The Bertz CT molecular complexity index is 418. The summed E-state index contributed by atoms with van der Waals surface area (Å²) in [5.41, 5.74) is 3.53. The summed E-state index contributed by atoms with van der Waals surface area (Å²) in [6.45, 7) is 4.18. The molecular formula is C11H10N. The highest BCUT2D eigenvalue weighted by Gasteiger charge is 1.99. The van der Waals surface area contributed by atoms with Crippen molar-refractivity contribution >= 4 is 10.9 Å². The molecule has 0 N–H and O–H groups in total. The maximum atomic E-state index is 4.31. The van der Waals surface area contributed by atoms with Crippen LogP contribution in [0.1, 0.15) is 11.1 Å². The van der Waals surface area contributed by atoms with Crippen LogP contribution in [0.25, 0.3) is 10.9 Å². The van der Waals surface area contributed by atoms with Crippen LogP contribution in [-0.4, -0.2) is 4.98 Å². The zero-order valence-electron chi connectivity index (χ0n) is 7.26. The lowest BCUT2D eigenvalue weighted by Crippen LogP contribution is -1.86. The van der Waals surface area contributed by atoms with Crippen LogP contribution in [0, 0.1) is 19.9 Å². The molecular weight excluding hydrogens is 146 g/mol. The first-order valence-electron chi connectivity index (χ1n) is 4.01. The summed E-state index contributed by atoms with van der Waals surface area (Å²) in [7, 11) is 0. The molecule has 2 rings (SSSR count). The van der Waals surface area contributed by atoms with Crippen LogP contribution < -0.4 is 0 Å². The predicted molar refractivity (Wildman–Crippen MR) is 50.1 cm³/mol. The topological polar surface area (TPSA) is 12.9 Å². The van der Waals surface area contributed by atoms with Gasteiger partial charge in [-0.3, -0.25) is 4.98 Å². The van der Waals surface area contributed by atoms with Gasteiger partial charge < -0.3 is 0 Å². The number of aryl methyl sites for hydroxylation is 2. The van der Waals surface area contributed by atoms with Gasteiger partial charge in [0.1, 0.15) is 0 Å². The minimum atomic E-state index is 1.03. The van der Waals surface area contributed by atoms with E-state index in [-0.39, 0.29) is 0 Å². The average Bonchev–Trinajstić information content (AvgIpc) is 2.12. The molecule has 1 radical (unpaired) electrons. The fourth-order valence-electron chi connectivity index (χ4n) is 1.30. The zero-order valence-corrected chi connectivity index (χ0v) is 7.26. The minimum absolute atomic E-state index is 1.03. The summed E-state index contributed by atoms with van der Waals surface area (Å²) >= 11 is 0. The van der Waals surface area contributed by atoms with Gasteiger partial charge in [0.15, 0.2) is 0 Å². The Morgan fingerprint density at radius 1 is 1.33 bits per heavy atom. The molecule has 1 heterocycles. The van der Waals surface area contributed by atoms with Gasteiger partial charge in [0.25, 0.3) is 0 Å². The van der Waals surface area contributed by atoms with Crippen LogP contribution in [0.3, 0.4) is 0 Å². The Labute approximate surface area is 72.1 Å². The van der Waals surface area contributed by atoms with Crippen molar-refractivity contribution in [2.24, 2.45) is 0 Å². The van der Waals surface area contributed by atoms with Crippen molar-refractivity contribution in [1.82, 2.24) is 4.98 Å². The van der Waals surface area contributed by atoms with E-state index in [4.69, 9.17) is 0 Å². The molecule has 12 heavy (non-hydrogen) atoms. The van der Waals surface area contributed by atoms with Gasteiger partial charge in [-0.1, -0.05) is 12.1 Å². The highest BCUT2D eigenvalue weighted by molar-refractivity contribution is 5.81. The molecule has 0 fully saturated rings. The van der Waals surface area contributed by atoms with Crippen molar-refractivity contribution in [2.45, 2.75) is 13.8 Å². The second kappa shape index (κ2) is 2.59. The zero-order chi connectivity index (χ0) is 8.55. The first-order chi connectivity index (χ1) is 5.79. The molecule has 0 aliphatic carbocycles. The van der Waals surface area contributed by atoms with Gasteiger partial charge in [-0.25, -0.2) is 0 Å². The summed E-state index contributed by atoms with van der Waals surface area (Å²) in [6, 6.07) is 9.10. The van der Waals surface area contributed by atoms with E-state index < -0.39 is 0 Å². The number of hydrogen-bond acceptors (Lipinski definition) is 1. The van der Waals surface area contributed by atoms with Gasteiger partial charge in [-0.2, -0.15) is 0 Å². The standard InChI is InChI=1S/C11H10N/c1-8-7-12-11-6-4-3-5-10(11)9(8)2/h3-4,6-7H,1-2H3. The first kappa shape index (κ1) is 7.29. The van der Waals surface area contributed by atoms with E-state index >= 15 is 0 Å². The van der Waals surface area contributed by atoms with Crippen LogP contribution in [0.15, 0.2) is 24.4 Å². The van der Waals surface area contributed by atoms with E-state index in [1.165, 1.54) is 11.1 Å². The number of pyridine rings is 1. The molecule has 0 aliphatic heterocycles. The molecule has 59 valence electrons. The number of nitrogens with zero attached hydrogens (tertiary/aromatic N) is 1. The van der Waals surface area contributed by atoms with Crippen LogP contribution in [-0.2, 0) is 0 Å². The van der Waals surface area contributed by atoms with Crippen molar-refractivity contribution in [3.63, 3.8) is 0 Å². The van der Waals surface area contributed by atoms with Crippen molar-refractivity contribution in [3.8, 4) is 0 Å². The quantitative estimate of drug-likeness (QED) is 0.571. The maximum Gasteiger partial charge on any atom is 0.0711 e. The number of benzene rings is 1. The van der Waals surface area contributed by atoms with Crippen molar-refractivity contribution in [2.75, 3.05) is 0 Å². The molecule has 0 unspecified atom stereocenters. The maximum absolute atomic E-state index is 4.31. The number of aromatic nitrogens is 1. The molecule has 0 spiro atoms. The fraction of sp³-hybridized carbons (Fsp3) is 0.182. The predicted octanol–water partition coefficient (Wildman–Crippen LogP) is 2.65. The van der Waals surface area contributed by atoms with Gasteiger partial charge in [-0.05, 0) is 37.1 Å². The molecule has 0 bridgehead atoms. The van der Waals surface area contributed by atoms with Gasteiger partial charge in [0, 0.05) is 11.6 Å². The lowest BCUT2D eigenvalue weighted by atomic mass is 10.1. The molecule has 0 saturated carbocycles. The van der Waals surface area contributed by atoms with Crippen molar-refractivity contribution < 1.29 is 0 Å². The van der Waals surface area contributed by atoms with Gasteiger partial charge in [-0.15, -0.1) is 0 Å². The molecule has 1 aromatic carbocycles. The molecule has 1 heteroatoms. The minimum Gasteiger partial charge on any atom is -0.256 e. The third-order valence-electron chi connectivity index (χ3n) is 2.20. The number of rotatable bonds is 0. The Morgan fingerprint density at radius 2 is 2.17 bits per heavy atom. The van der Waals surface area contributed by atoms with Crippen LogP contribution in [0.4, 0.5) is 0 Å². The highest BCUT2D eigenvalue weighted by Crippen LogP contribution is 2.17.